The summed E-state index contributed by atoms with van der Waals surface area (Å²) in [5.41, 5.74) is 3.43. The normalized spacial score (nSPS) is 12.8. The molecule has 6 nitrogen and oxygen atoms in total. The van der Waals surface area contributed by atoms with Crippen LogP contribution in [0.5, 0.6) is 0 Å². The average Bonchev–Trinajstić information content (AvgIpc) is 3.06. The molecule has 0 N–H and O–H groups in total. The minimum Gasteiger partial charge on any atom is -0.296 e. The Balaban J connectivity index is 1.98. The van der Waals surface area contributed by atoms with Gasteiger partial charge in [-0.05, 0) is 49.7 Å². The molecule has 0 spiro atoms. The van der Waals surface area contributed by atoms with Crippen LogP contribution in [0.1, 0.15) is 26.3 Å². The molecule has 5 aromatic rings. The van der Waals surface area contributed by atoms with Crippen molar-refractivity contribution >= 4 is 33.2 Å². The van der Waals surface area contributed by atoms with Gasteiger partial charge in [0, 0.05) is 11.7 Å². The van der Waals surface area contributed by atoms with E-state index in [1.165, 1.54) is 12.1 Å². The summed E-state index contributed by atoms with van der Waals surface area (Å²) in [6.07, 6.45) is 2.37. The molecule has 3 aromatic heterocycles. The van der Waals surface area contributed by atoms with E-state index in [0.717, 1.165) is 6.42 Å². The van der Waals surface area contributed by atoms with Crippen LogP contribution in [0.4, 0.5) is 4.39 Å². The molecular formula is C22H18FN5O. The third-order valence-corrected chi connectivity index (χ3v) is 5.34. The van der Waals surface area contributed by atoms with Gasteiger partial charge in [0.25, 0.3) is 5.56 Å². The van der Waals surface area contributed by atoms with Crippen LogP contribution in [0.25, 0.3) is 38.9 Å². The van der Waals surface area contributed by atoms with Gasteiger partial charge in [0.1, 0.15) is 23.0 Å². The van der Waals surface area contributed by atoms with Gasteiger partial charge in [0.15, 0.2) is 11.3 Å². The van der Waals surface area contributed by atoms with Crippen molar-refractivity contribution < 1.29 is 4.39 Å². The summed E-state index contributed by atoms with van der Waals surface area (Å²) in [6.45, 7) is 4.01. The molecule has 7 heteroatoms. The summed E-state index contributed by atoms with van der Waals surface area (Å²) in [6, 6.07) is 13.6. The van der Waals surface area contributed by atoms with E-state index < -0.39 is 0 Å². The fourth-order valence-corrected chi connectivity index (χ4v) is 3.60. The second kappa shape index (κ2) is 6.48. The Labute approximate surface area is 165 Å². The number of rotatable bonds is 3. The van der Waals surface area contributed by atoms with Crippen LogP contribution >= 0.6 is 0 Å². The van der Waals surface area contributed by atoms with Crippen molar-refractivity contribution in [2.75, 3.05) is 0 Å². The highest BCUT2D eigenvalue weighted by molar-refractivity contribution is 6.05. The van der Waals surface area contributed by atoms with E-state index in [0.29, 0.717) is 38.9 Å². The predicted octanol–water partition coefficient (Wildman–Crippen LogP) is 4.39. The Morgan fingerprint density at radius 1 is 1.00 bits per heavy atom. The van der Waals surface area contributed by atoms with E-state index in [4.69, 9.17) is 9.97 Å². The Kier molecular flexibility index (Phi) is 3.91. The highest BCUT2D eigenvalue weighted by Gasteiger charge is 2.21. The molecule has 0 aliphatic carbocycles. The highest BCUT2D eigenvalue weighted by Crippen LogP contribution is 2.28. The summed E-state index contributed by atoms with van der Waals surface area (Å²) in [5, 5.41) is 0.422. The second-order valence-electron chi connectivity index (χ2n) is 7.11. The van der Waals surface area contributed by atoms with E-state index in [-0.39, 0.29) is 17.4 Å². The van der Waals surface area contributed by atoms with Gasteiger partial charge in [0.05, 0.1) is 11.0 Å². The van der Waals surface area contributed by atoms with Crippen LogP contribution in [0.15, 0.2) is 59.7 Å². The fraction of sp³-hybridized carbons (Fsp3) is 0.182. The summed E-state index contributed by atoms with van der Waals surface area (Å²) in [5.74, 6) is -0.335. The predicted molar refractivity (Wildman–Crippen MR) is 111 cm³/mol. The number of benzene rings is 2. The lowest BCUT2D eigenvalue weighted by atomic mass is 10.2. The number of fused-ring (bicyclic) bond motifs is 4. The van der Waals surface area contributed by atoms with Crippen LogP contribution in [-0.4, -0.2) is 24.1 Å². The van der Waals surface area contributed by atoms with Gasteiger partial charge in [-0.3, -0.25) is 13.9 Å². The Bertz CT molecular complexity index is 1440. The largest absolute Gasteiger partial charge is 0.296 e. The quantitative estimate of drug-likeness (QED) is 0.460. The summed E-state index contributed by atoms with van der Waals surface area (Å²) in [4.78, 5) is 27.5. The zero-order valence-corrected chi connectivity index (χ0v) is 16.0. The molecule has 2 aromatic carbocycles. The van der Waals surface area contributed by atoms with Crippen molar-refractivity contribution in [3.8, 4) is 5.69 Å². The van der Waals surface area contributed by atoms with Crippen LogP contribution < -0.4 is 5.56 Å². The molecule has 1 unspecified atom stereocenters. The van der Waals surface area contributed by atoms with Crippen LogP contribution in [-0.2, 0) is 0 Å². The lowest BCUT2D eigenvalue weighted by Crippen LogP contribution is -2.23. The van der Waals surface area contributed by atoms with Gasteiger partial charge in [-0.15, -0.1) is 0 Å². The number of aromatic nitrogens is 5. The van der Waals surface area contributed by atoms with Crippen LogP contribution in [0.3, 0.4) is 0 Å². The number of hydrogen-bond donors (Lipinski definition) is 0. The molecule has 0 bridgehead atoms. The first kappa shape index (κ1) is 17.5. The minimum atomic E-state index is -0.335. The van der Waals surface area contributed by atoms with Crippen LogP contribution in [0, 0.1) is 5.82 Å². The summed E-state index contributed by atoms with van der Waals surface area (Å²) in [7, 11) is 0. The smallest absolute Gasteiger partial charge is 0.265 e. The maximum atomic E-state index is 13.5. The van der Waals surface area contributed by atoms with Crippen molar-refractivity contribution in [3.05, 3.63) is 71.0 Å². The number of nitrogens with zero attached hydrogens (tertiary/aromatic N) is 5. The molecule has 0 fully saturated rings. The van der Waals surface area contributed by atoms with E-state index in [1.807, 2.05) is 38.1 Å². The van der Waals surface area contributed by atoms with Crippen molar-refractivity contribution in [1.82, 2.24) is 24.1 Å². The van der Waals surface area contributed by atoms with Crippen molar-refractivity contribution in [1.29, 1.82) is 0 Å². The molecule has 5 rings (SSSR count). The van der Waals surface area contributed by atoms with Crippen molar-refractivity contribution in [2.45, 2.75) is 26.3 Å². The summed E-state index contributed by atoms with van der Waals surface area (Å²) < 4.78 is 16.9. The maximum Gasteiger partial charge on any atom is 0.265 e. The monoisotopic (exact) mass is 387 g/mol. The van der Waals surface area contributed by atoms with Gasteiger partial charge in [-0.2, -0.15) is 0 Å². The molecule has 0 amide bonds. The molecule has 3 heterocycles. The summed E-state index contributed by atoms with van der Waals surface area (Å²) >= 11 is 0. The van der Waals surface area contributed by atoms with Crippen molar-refractivity contribution in [2.24, 2.45) is 0 Å². The lowest BCUT2D eigenvalue weighted by Gasteiger charge is -2.12. The number of hydrogen-bond acceptors (Lipinski definition) is 4. The Morgan fingerprint density at radius 3 is 2.38 bits per heavy atom. The molecule has 0 aliphatic heterocycles. The second-order valence-corrected chi connectivity index (χ2v) is 7.11. The first-order chi connectivity index (χ1) is 14.1. The van der Waals surface area contributed by atoms with Crippen LogP contribution in [0.2, 0.25) is 0 Å². The minimum absolute atomic E-state index is 0.0111. The number of para-hydroxylation sites is 2. The van der Waals surface area contributed by atoms with Gasteiger partial charge in [-0.1, -0.05) is 19.1 Å². The highest BCUT2D eigenvalue weighted by atomic mass is 19.1. The molecule has 29 heavy (non-hydrogen) atoms. The first-order valence-electron chi connectivity index (χ1n) is 9.52. The standard InChI is InChI=1S/C22H18FN5O/c1-3-13(2)27-12-24-20-18(22(27)29)19-21(26-17-7-5-4-6-16(17)25-19)28(20)15-10-8-14(23)9-11-15/h4-13H,3H2,1-2H3. The van der Waals surface area contributed by atoms with Gasteiger partial charge in [-0.25, -0.2) is 19.3 Å². The third kappa shape index (κ3) is 2.61. The first-order valence-corrected chi connectivity index (χ1v) is 9.52. The van der Waals surface area contributed by atoms with Crippen molar-refractivity contribution in [3.63, 3.8) is 0 Å². The van der Waals surface area contributed by atoms with Gasteiger partial charge < -0.3 is 0 Å². The van der Waals surface area contributed by atoms with E-state index in [2.05, 4.69) is 4.98 Å². The molecule has 144 valence electrons. The lowest BCUT2D eigenvalue weighted by molar-refractivity contribution is 0.510. The molecular weight excluding hydrogens is 369 g/mol. The Hall–Kier alpha value is -3.61. The zero-order valence-electron chi connectivity index (χ0n) is 16.0. The molecule has 0 aliphatic rings. The van der Waals surface area contributed by atoms with E-state index >= 15 is 0 Å². The third-order valence-electron chi connectivity index (χ3n) is 5.34. The topological polar surface area (TPSA) is 65.6 Å². The van der Waals surface area contributed by atoms with E-state index in [9.17, 15) is 9.18 Å². The molecule has 0 saturated heterocycles. The van der Waals surface area contributed by atoms with Gasteiger partial charge >= 0.3 is 0 Å². The Morgan fingerprint density at radius 2 is 1.69 bits per heavy atom. The van der Waals surface area contributed by atoms with E-state index in [1.54, 1.807) is 27.6 Å². The molecule has 0 radical (unpaired) electrons. The zero-order chi connectivity index (χ0) is 20.1. The SMILES string of the molecule is CCC(C)n1cnc2c(c1=O)c1nc3ccccc3nc1n2-c1ccc(F)cc1. The van der Waals surface area contributed by atoms with Gasteiger partial charge in [0.2, 0.25) is 0 Å². The average molecular weight is 387 g/mol. The maximum absolute atomic E-state index is 13.5. The molecule has 1 atom stereocenters. The fourth-order valence-electron chi connectivity index (χ4n) is 3.60. The number of halogens is 1. The molecule has 0 saturated carbocycles.